The smallest absolute Gasteiger partial charge is 0.240 e. The molecule has 20 nitrogen and oxygen atoms in total. The Morgan fingerprint density at radius 3 is 0.875 bits per heavy atom. The maximum absolute atomic E-state index is 14.2. The first kappa shape index (κ1) is 53.2. The predicted molar refractivity (Wildman–Crippen MR) is 305 cm³/mol. The van der Waals surface area contributed by atoms with E-state index in [0.29, 0.717) is 43.8 Å². The number of aromatic nitrogens is 8. The quantitative estimate of drug-likeness (QED) is 0.0664. The zero-order chi connectivity index (χ0) is 55.0. The van der Waals surface area contributed by atoms with Gasteiger partial charge in [0, 0.05) is 68.0 Å². The molecule has 418 valence electrons. The van der Waals surface area contributed by atoms with Crippen LogP contribution in [0.5, 0.6) is 0 Å². The summed E-state index contributed by atoms with van der Waals surface area (Å²) in [4.78, 5) is 36.9. The summed E-state index contributed by atoms with van der Waals surface area (Å²) in [5, 5.41) is 1.66. The maximum Gasteiger partial charge on any atom is 0.240 e. The van der Waals surface area contributed by atoms with Gasteiger partial charge >= 0.3 is 0 Å². The van der Waals surface area contributed by atoms with Gasteiger partial charge in [-0.2, -0.15) is 0 Å². The second-order valence-electron chi connectivity index (χ2n) is 22.3. The highest BCUT2D eigenvalue weighted by molar-refractivity contribution is 7.90. The van der Waals surface area contributed by atoms with Gasteiger partial charge in [0.25, 0.3) is 0 Å². The van der Waals surface area contributed by atoms with Gasteiger partial charge in [-0.1, -0.05) is 77.0 Å². The average Bonchev–Trinajstić information content (AvgIpc) is 4.34. The molecule has 0 saturated heterocycles. The van der Waals surface area contributed by atoms with Gasteiger partial charge in [-0.3, -0.25) is 0 Å². The van der Waals surface area contributed by atoms with Gasteiger partial charge in [0.15, 0.2) is 23.3 Å². The summed E-state index contributed by atoms with van der Waals surface area (Å²) in [5.74, 6) is 0.421. The number of nitrogens with zero attached hydrogens (tertiary/aromatic N) is 6. The lowest BCUT2D eigenvalue weighted by Crippen LogP contribution is -2.36. The van der Waals surface area contributed by atoms with Crippen molar-refractivity contribution in [3.63, 3.8) is 0 Å². The third-order valence-electron chi connectivity index (χ3n) is 16.7. The first-order chi connectivity index (χ1) is 38.5. The van der Waals surface area contributed by atoms with Crippen LogP contribution >= 0.6 is 0 Å². The van der Waals surface area contributed by atoms with Crippen molar-refractivity contribution in [3.05, 3.63) is 72.8 Å². The summed E-state index contributed by atoms with van der Waals surface area (Å²) < 4.78 is 125. The zero-order valence-electron chi connectivity index (χ0n) is 44.0. The number of sulfonamides is 4. The number of benzene rings is 4. The van der Waals surface area contributed by atoms with Gasteiger partial charge in [-0.25, -0.2) is 82.5 Å². The van der Waals surface area contributed by atoms with E-state index in [1.54, 1.807) is 24.3 Å². The second kappa shape index (κ2) is 21.0. The Morgan fingerprint density at radius 2 is 0.562 bits per heavy atom. The molecule has 0 spiro atoms. The van der Waals surface area contributed by atoms with Gasteiger partial charge in [0.1, 0.15) is 22.6 Å². The first-order valence-corrected chi connectivity index (χ1v) is 34.0. The molecule has 3 aromatic heterocycles. The van der Waals surface area contributed by atoms with Crippen LogP contribution in [-0.4, -0.2) is 97.7 Å². The molecule has 7 aromatic rings. The van der Waals surface area contributed by atoms with Crippen molar-refractivity contribution in [1.82, 2.24) is 58.8 Å². The standard InChI is InChI=1S/C56H62N12O8S4/c69-77(70,65-33-13-5-1-6-14-33)37-21-25-41-45(29-37)53-58-49(41)57-50-42-26-22-38(78(71,72)66-34-15-7-2-8-16-34)30-46(42)54(59-50)61-52-44-28-24-40(80(75,76)68-36-19-11-4-12-20-36)32-48(44)56(63-52)64-55-47-31-39(23-27-43(47)51(60-53)62-55)79(73,74)67-35-17-9-3-10-18-35/h21-36,65-68H,1-20H2,(H2,57,58,59,60,61,62,63,64). The molecular formula is C56H62N12O8S4. The fraction of sp³-hybridized carbons (Fsp3) is 0.429. The van der Waals surface area contributed by atoms with E-state index in [-0.39, 0.29) is 89.6 Å². The minimum atomic E-state index is -4.05. The molecule has 8 bridgehead atoms. The zero-order valence-corrected chi connectivity index (χ0v) is 47.2. The van der Waals surface area contributed by atoms with E-state index in [1.165, 1.54) is 48.5 Å². The van der Waals surface area contributed by atoms with E-state index in [9.17, 15) is 33.7 Å². The van der Waals surface area contributed by atoms with Gasteiger partial charge < -0.3 is 9.97 Å². The van der Waals surface area contributed by atoms with Gasteiger partial charge in [0.2, 0.25) is 40.1 Å². The monoisotopic (exact) mass is 1160 g/mol. The average molecular weight is 1160 g/mol. The molecule has 6 N–H and O–H groups in total. The number of hydrogen-bond donors (Lipinski definition) is 6. The van der Waals surface area contributed by atoms with Crippen LogP contribution in [0.15, 0.2) is 92.4 Å². The molecule has 24 heteroatoms. The summed E-state index contributed by atoms with van der Waals surface area (Å²) in [5.41, 5.74) is 2.32. The van der Waals surface area contributed by atoms with Crippen LogP contribution in [0.3, 0.4) is 0 Å². The van der Waals surface area contributed by atoms with Crippen LogP contribution in [0.2, 0.25) is 0 Å². The van der Waals surface area contributed by atoms with Crippen LogP contribution in [-0.2, 0) is 40.1 Å². The van der Waals surface area contributed by atoms with Crippen molar-refractivity contribution in [2.75, 3.05) is 0 Å². The van der Waals surface area contributed by atoms with Crippen LogP contribution in [0, 0.1) is 0 Å². The highest BCUT2D eigenvalue weighted by Crippen LogP contribution is 2.40. The molecular weight excluding hydrogens is 1100 g/mol. The number of hydrogen-bond acceptors (Lipinski definition) is 14. The van der Waals surface area contributed by atoms with Crippen molar-refractivity contribution >= 4 is 84.2 Å². The minimum absolute atomic E-state index is 0.00579. The molecule has 0 radical (unpaired) electrons. The number of aromatic amines is 2. The Kier molecular flexibility index (Phi) is 14.0. The van der Waals surface area contributed by atoms with Gasteiger partial charge in [-0.15, -0.1) is 0 Å². The molecule has 4 aromatic carbocycles. The second-order valence-corrected chi connectivity index (χ2v) is 29.1. The molecule has 6 aliphatic rings. The summed E-state index contributed by atoms with van der Waals surface area (Å²) in [6.45, 7) is 0. The van der Waals surface area contributed by atoms with Crippen molar-refractivity contribution in [2.24, 2.45) is 0 Å². The lowest BCUT2D eigenvalue weighted by Gasteiger charge is -2.22. The Labute approximate surface area is 464 Å². The molecule has 5 heterocycles. The highest BCUT2D eigenvalue weighted by atomic mass is 32.2. The summed E-state index contributed by atoms with van der Waals surface area (Å²) >= 11 is 0. The Morgan fingerprint density at radius 1 is 0.300 bits per heavy atom. The third-order valence-corrected chi connectivity index (χ3v) is 22.7. The van der Waals surface area contributed by atoms with E-state index < -0.39 is 40.1 Å². The Bertz CT molecular complexity index is 4280. The topological polar surface area (TPSA) is 294 Å². The van der Waals surface area contributed by atoms with Gasteiger partial charge in [0.05, 0.1) is 19.6 Å². The van der Waals surface area contributed by atoms with Crippen molar-refractivity contribution in [2.45, 2.75) is 172 Å². The number of H-pyrrole nitrogens is 2. The minimum Gasteiger partial charge on any atom is -0.324 e. The summed E-state index contributed by atoms with van der Waals surface area (Å²) in [7, 11) is -16.1. The lowest BCUT2D eigenvalue weighted by atomic mass is 9.96. The van der Waals surface area contributed by atoms with E-state index in [2.05, 4.69) is 28.9 Å². The van der Waals surface area contributed by atoms with Gasteiger partial charge in [-0.05, 0) is 124 Å². The largest absolute Gasteiger partial charge is 0.324 e. The fourth-order valence-corrected chi connectivity index (χ4v) is 17.7. The van der Waals surface area contributed by atoms with Crippen LogP contribution in [0.1, 0.15) is 128 Å². The van der Waals surface area contributed by atoms with Crippen LogP contribution in [0.25, 0.3) is 89.7 Å². The normalized spacial score (nSPS) is 18.4. The summed E-state index contributed by atoms with van der Waals surface area (Å²) in [6, 6.07) is 17.8. The Balaban J connectivity index is 1.06. The molecule has 4 fully saturated rings. The maximum atomic E-state index is 14.2. The molecule has 0 amide bonds. The molecule has 13 rings (SSSR count). The lowest BCUT2D eigenvalue weighted by molar-refractivity contribution is 0.412. The molecule has 4 aliphatic carbocycles. The predicted octanol–water partition coefficient (Wildman–Crippen LogP) is 9.31. The highest BCUT2D eigenvalue weighted by Gasteiger charge is 2.31. The molecule has 0 atom stereocenters. The first-order valence-electron chi connectivity index (χ1n) is 28.0. The van der Waals surface area contributed by atoms with E-state index in [4.69, 9.17) is 29.9 Å². The van der Waals surface area contributed by atoms with Crippen molar-refractivity contribution < 1.29 is 33.7 Å². The van der Waals surface area contributed by atoms with Crippen molar-refractivity contribution in [1.29, 1.82) is 0 Å². The summed E-state index contributed by atoms with van der Waals surface area (Å²) in [6.07, 6.45) is 17.3. The number of fused-ring (bicyclic) bond motifs is 20. The molecule has 4 saturated carbocycles. The van der Waals surface area contributed by atoms with E-state index in [0.717, 1.165) is 128 Å². The van der Waals surface area contributed by atoms with Crippen molar-refractivity contribution in [3.8, 4) is 45.6 Å². The van der Waals surface area contributed by atoms with E-state index >= 15 is 0 Å². The van der Waals surface area contributed by atoms with Crippen LogP contribution in [0.4, 0.5) is 0 Å². The van der Waals surface area contributed by atoms with Crippen LogP contribution < -0.4 is 18.9 Å². The third kappa shape index (κ3) is 10.5. The molecule has 80 heavy (non-hydrogen) atoms. The fourth-order valence-electron chi connectivity index (χ4n) is 12.4. The molecule has 2 aliphatic heterocycles. The molecule has 0 unspecified atom stereocenters. The van der Waals surface area contributed by atoms with E-state index in [1.807, 2.05) is 0 Å². The number of nitrogens with one attached hydrogen (secondary N) is 6. The number of rotatable bonds is 12. The Hall–Kier alpha value is -6.12. The SMILES string of the molecule is O=S(=O)(NC1CCCCC1)c1ccc2c(c1)-c1nc-2nc2[nH]c(nc3nc(nc4[nH]c(n1)c1ccc(S(=O)(=O)NC5CCCCC5)cc41)-c1cc(S(=O)(=O)NC4CCCCC4)ccc1-3)c1cc(S(=O)(=O)NC3CCCCC3)ccc21.